The van der Waals surface area contributed by atoms with Crippen LogP contribution in [0, 0.1) is 11.3 Å². The maximum atomic E-state index is 12.0. The highest BCUT2D eigenvalue weighted by molar-refractivity contribution is 5.77. The number of nitriles is 1. The fourth-order valence-electron chi connectivity index (χ4n) is 1.95. The number of aromatic amines is 1. The number of imidazole rings is 1. The highest BCUT2D eigenvalue weighted by Gasteiger charge is 2.11. The SMILES string of the molecule is N#Cc1ccncc1-n1c(=O)[nH]c2ccccc21. The Balaban J connectivity index is 2.43. The quantitative estimate of drug-likeness (QED) is 0.697. The summed E-state index contributed by atoms with van der Waals surface area (Å²) in [5.41, 5.74) is 2.09. The van der Waals surface area contributed by atoms with Gasteiger partial charge in [0.05, 0.1) is 28.5 Å². The van der Waals surface area contributed by atoms with Gasteiger partial charge in [0.1, 0.15) is 6.07 Å². The molecular formula is C13H8N4O. The van der Waals surface area contributed by atoms with Crippen LogP contribution in [0.5, 0.6) is 0 Å². The highest BCUT2D eigenvalue weighted by atomic mass is 16.1. The lowest BCUT2D eigenvalue weighted by atomic mass is 10.2. The number of benzene rings is 1. The van der Waals surface area contributed by atoms with Crippen molar-refractivity contribution in [3.8, 4) is 11.8 Å². The van der Waals surface area contributed by atoms with Crippen molar-refractivity contribution in [2.45, 2.75) is 0 Å². The van der Waals surface area contributed by atoms with Crippen LogP contribution in [0.3, 0.4) is 0 Å². The average molecular weight is 236 g/mol. The fourth-order valence-corrected chi connectivity index (χ4v) is 1.95. The molecule has 2 heterocycles. The van der Waals surface area contributed by atoms with Crippen LogP contribution in [0.1, 0.15) is 5.56 Å². The summed E-state index contributed by atoms with van der Waals surface area (Å²) < 4.78 is 1.46. The summed E-state index contributed by atoms with van der Waals surface area (Å²) in [5, 5.41) is 9.08. The van der Waals surface area contributed by atoms with Gasteiger partial charge in [-0.3, -0.25) is 9.55 Å². The molecule has 0 aliphatic rings. The molecule has 0 unspecified atom stereocenters. The maximum Gasteiger partial charge on any atom is 0.331 e. The summed E-state index contributed by atoms with van der Waals surface area (Å²) in [4.78, 5) is 18.7. The zero-order valence-electron chi connectivity index (χ0n) is 9.29. The molecule has 1 N–H and O–H groups in total. The van der Waals surface area contributed by atoms with Gasteiger partial charge in [0.2, 0.25) is 0 Å². The van der Waals surface area contributed by atoms with E-state index in [4.69, 9.17) is 5.26 Å². The summed E-state index contributed by atoms with van der Waals surface area (Å²) >= 11 is 0. The largest absolute Gasteiger partial charge is 0.331 e. The van der Waals surface area contributed by atoms with Crippen molar-refractivity contribution in [3.05, 3.63) is 58.8 Å². The van der Waals surface area contributed by atoms with Gasteiger partial charge in [-0.05, 0) is 18.2 Å². The zero-order chi connectivity index (χ0) is 12.5. The van der Waals surface area contributed by atoms with Crippen LogP contribution in [0.2, 0.25) is 0 Å². The lowest BCUT2D eigenvalue weighted by Gasteiger charge is -2.04. The number of pyridine rings is 1. The van der Waals surface area contributed by atoms with Crippen LogP contribution in [-0.4, -0.2) is 14.5 Å². The Morgan fingerprint density at radius 2 is 2.11 bits per heavy atom. The van der Waals surface area contributed by atoms with E-state index in [2.05, 4.69) is 16.0 Å². The summed E-state index contributed by atoms with van der Waals surface area (Å²) in [5.74, 6) is 0. The number of fused-ring (bicyclic) bond motifs is 1. The third-order valence-electron chi connectivity index (χ3n) is 2.75. The molecule has 86 valence electrons. The molecule has 0 aliphatic carbocycles. The molecule has 3 aromatic rings. The van der Waals surface area contributed by atoms with Gasteiger partial charge >= 0.3 is 5.69 Å². The lowest BCUT2D eigenvalue weighted by Crippen LogP contribution is -2.15. The number of rotatable bonds is 1. The molecule has 0 amide bonds. The number of hydrogen-bond donors (Lipinski definition) is 1. The Morgan fingerprint density at radius 3 is 2.94 bits per heavy atom. The fraction of sp³-hybridized carbons (Fsp3) is 0. The minimum absolute atomic E-state index is 0.277. The normalized spacial score (nSPS) is 10.4. The molecule has 1 aromatic carbocycles. The van der Waals surface area contributed by atoms with E-state index in [1.807, 2.05) is 24.3 Å². The van der Waals surface area contributed by atoms with E-state index in [9.17, 15) is 4.79 Å². The van der Waals surface area contributed by atoms with Crippen molar-refractivity contribution in [1.82, 2.24) is 14.5 Å². The summed E-state index contributed by atoms with van der Waals surface area (Å²) in [6, 6.07) is 11.0. The van der Waals surface area contributed by atoms with E-state index in [1.165, 1.54) is 17.0 Å². The molecule has 0 saturated carbocycles. The monoisotopic (exact) mass is 236 g/mol. The maximum absolute atomic E-state index is 12.0. The molecule has 0 bridgehead atoms. The van der Waals surface area contributed by atoms with Crippen LogP contribution in [-0.2, 0) is 0 Å². The lowest BCUT2D eigenvalue weighted by molar-refractivity contribution is 0.998. The minimum atomic E-state index is -0.277. The van der Waals surface area contributed by atoms with Crippen molar-refractivity contribution in [1.29, 1.82) is 5.26 Å². The second kappa shape index (κ2) is 3.86. The van der Waals surface area contributed by atoms with E-state index in [1.54, 1.807) is 6.07 Å². The first-order valence-corrected chi connectivity index (χ1v) is 5.35. The van der Waals surface area contributed by atoms with Crippen LogP contribution in [0.25, 0.3) is 16.7 Å². The number of H-pyrrole nitrogens is 1. The van der Waals surface area contributed by atoms with Crippen molar-refractivity contribution in [2.24, 2.45) is 0 Å². The van der Waals surface area contributed by atoms with Crippen molar-refractivity contribution >= 4 is 11.0 Å². The van der Waals surface area contributed by atoms with Gasteiger partial charge in [-0.2, -0.15) is 5.26 Å². The first-order valence-electron chi connectivity index (χ1n) is 5.35. The number of nitrogens with one attached hydrogen (secondary N) is 1. The van der Waals surface area contributed by atoms with Gasteiger partial charge in [-0.15, -0.1) is 0 Å². The molecule has 0 spiro atoms. The van der Waals surface area contributed by atoms with E-state index < -0.39 is 0 Å². The van der Waals surface area contributed by atoms with Gasteiger partial charge < -0.3 is 4.98 Å². The molecule has 0 radical (unpaired) electrons. The Bertz CT molecular complexity index is 823. The van der Waals surface area contributed by atoms with Crippen LogP contribution in [0.15, 0.2) is 47.5 Å². The molecule has 2 aromatic heterocycles. The van der Waals surface area contributed by atoms with Crippen molar-refractivity contribution in [2.75, 3.05) is 0 Å². The Labute approximate surface area is 102 Å². The van der Waals surface area contributed by atoms with Gasteiger partial charge in [0, 0.05) is 6.20 Å². The van der Waals surface area contributed by atoms with Crippen LogP contribution in [0.4, 0.5) is 0 Å². The summed E-state index contributed by atoms with van der Waals surface area (Å²) in [7, 11) is 0. The molecule has 18 heavy (non-hydrogen) atoms. The molecule has 3 rings (SSSR count). The standard InChI is InChI=1S/C13H8N4O/c14-7-9-5-6-15-8-12(9)17-11-4-2-1-3-10(11)16-13(17)18/h1-6,8H,(H,16,18). The molecular weight excluding hydrogens is 228 g/mol. The second-order valence-electron chi connectivity index (χ2n) is 3.79. The topological polar surface area (TPSA) is 74.5 Å². The summed E-state index contributed by atoms with van der Waals surface area (Å²) in [6.07, 6.45) is 3.04. The molecule has 0 atom stereocenters. The van der Waals surface area contributed by atoms with Crippen molar-refractivity contribution < 1.29 is 0 Å². The highest BCUT2D eigenvalue weighted by Crippen LogP contribution is 2.16. The second-order valence-corrected chi connectivity index (χ2v) is 3.79. The van der Waals surface area contributed by atoms with Gasteiger partial charge in [-0.25, -0.2) is 4.79 Å². The van der Waals surface area contributed by atoms with Gasteiger partial charge in [-0.1, -0.05) is 12.1 Å². The third kappa shape index (κ3) is 1.40. The van der Waals surface area contributed by atoms with E-state index >= 15 is 0 Å². The van der Waals surface area contributed by atoms with Crippen molar-refractivity contribution in [3.63, 3.8) is 0 Å². The van der Waals surface area contributed by atoms with E-state index in [-0.39, 0.29) is 5.69 Å². The van der Waals surface area contributed by atoms with E-state index in [0.29, 0.717) is 11.3 Å². The smallest absolute Gasteiger partial charge is 0.305 e. The number of nitrogens with zero attached hydrogens (tertiary/aromatic N) is 3. The molecule has 5 heteroatoms. The number of aromatic nitrogens is 3. The average Bonchev–Trinajstić information content (AvgIpc) is 2.74. The van der Waals surface area contributed by atoms with E-state index in [0.717, 1.165) is 11.0 Å². The Morgan fingerprint density at radius 1 is 1.28 bits per heavy atom. The number of para-hydroxylation sites is 2. The Hall–Kier alpha value is -2.87. The molecule has 0 aliphatic heterocycles. The number of hydrogen-bond acceptors (Lipinski definition) is 3. The Kier molecular flexibility index (Phi) is 2.21. The van der Waals surface area contributed by atoms with Gasteiger partial charge in [0.25, 0.3) is 0 Å². The molecule has 0 fully saturated rings. The molecule has 5 nitrogen and oxygen atoms in total. The van der Waals surface area contributed by atoms with Crippen LogP contribution < -0.4 is 5.69 Å². The van der Waals surface area contributed by atoms with Gasteiger partial charge in [0.15, 0.2) is 0 Å². The predicted octanol–water partition coefficient (Wildman–Crippen LogP) is 1.59. The third-order valence-corrected chi connectivity index (χ3v) is 2.75. The zero-order valence-corrected chi connectivity index (χ0v) is 9.29. The minimum Gasteiger partial charge on any atom is -0.305 e. The predicted molar refractivity (Wildman–Crippen MR) is 66.4 cm³/mol. The first kappa shape index (κ1) is 10.3. The molecule has 0 saturated heterocycles. The first-order chi connectivity index (χ1) is 8.81. The van der Waals surface area contributed by atoms with Crippen LogP contribution >= 0.6 is 0 Å². The summed E-state index contributed by atoms with van der Waals surface area (Å²) in [6.45, 7) is 0.